The zero-order valence-electron chi connectivity index (χ0n) is 18.5. The van der Waals surface area contributed by atoms with E-state index in [-0.39, 0.29) is 11.2 Å². The Morgan fingerprint density at radius 3 is 2.66 bits per heavy atom. The molecule has 1 aliphatic heterocycles. The second kappa shape index (κ2) is 7.82. The van der Waals surface area contributed by atoms with Crippen LogP contribution < -0.4 is 4.90 Å². The number of fused-ring (bicyclic) bond motifs is 2. The molecule has 0 amide bonds. The van der Waals surface area contributed by atoms with E-state index in [2.05, 4.69) is 15.2 Å². The van der Waals surface area contributed by atoms with Gasteiger partial charge in [-0.1, -0.05) is 12.1 Å². The number of anilines is 1. The van der Waals surface area contributed by atoms with Crippen molar-refractivity contribution in [3.63, 3.8) is 0 Å². The fourth-order valence-corrected chi connectivity index (χ4v) is 4.55. The molecular weight excluding hydrogens is 454 g/mol. The lowest BCUT2D eigenvalue weighted by atomic mass is 9.98. The molecule has 4 aromatic heterocycles. The highest BCUT2D eigenvalue weighted by Gasteiger charge is 2.33. The van der Waals surface area contributed by atoms with Crippen molar-refractivity contribution in [2.24, 2.45) is 0 Å². The molecule has 0 atom stereocenters. The van der Waals surface area contributed by atoms with Crippen LogP contribution in [0.5, 0.6) is 0 Å². The first-order valence-electron chi connectivity index (χ1n) is 10.9. The molecule has 6 rings (SSSR count). The third-order valence-corrected chi connectivity index (χ3v) is 6.15. The Balaban J connectivity index is 1.64. The van der Waals surface area contributed by atoms with E-state index in [9.17, 15) is 19.1 Å². The molecule has 5 heterocycles. The number of nitrogens with zero attached hydrogens (tertiary/aromatic N) is 8. The van der Waals surface area contributed by atoms with Crippen LogP contribution in [0.3, 0.4) is 0 Å². The number of nitriles is 1. The molecule has 1 saturated heterocycles. The molecule has 1 aromatic carbocycles. The summed E-state index contributed by atoms with van der Waals surface area (Å²) in [6.07, 6.45) is 0.0107. The molecule has 1 N–H and O–H groups in total. The van der Waals surface area contributed by atoms with Crippen LogP contribution in [-0.4, -0.2) is 53.7 Å². The van der Waals surface area contributed by atoms with Gasteiger partial charge < -0.3 is 10.0 Å². The van der Waals surface area contributed by atoms with Gasteiger partial charge in [-0.2, -0.15) is 20.0 Å². The van der Waals surface area contributed by atoms with Gasteiger partial charge in [0, 0.05) is 36.4 Å². The van der Waals surface area contributed by atoms with Gasteiger partial charge in [0.25, 0.3) is 6.43 Å². The summed E-state index contributed by atoms with van der Waals surface area (Å²) in [4.78, 5) is 11.1. The number of pyridine rings is 1. The van der Waals surface area contributed by atoms with Crippen molar-refractivity contribution >= 4 is 22.4 Å². The summed E-state index contributed by atoms with van der Waals surface area (Å²) in [7, 11) is 0. The number of aliphatic hydroxyl groups excluding tert-OH is 1. The predicted octanol–water partition coefficient (Wildman–Crippen LogP) is 3.43. The zero-order chi connectivity index (χ0) is 24.3. The summed E-state index contributed by atoms with van der Waals surface area (Å²) in [6.45, 7) is 2.39. The quantitative estimate of drug-likeness (QED) is 0.427. The molecule has 0 bridgehead atoms. The van der Waals surface area contributed by atoms with Crippen molar-refractivity contribution < 1.29 is 13.9 Å². The summed E-state index contributed by atoms with van der Waals surface area (Å²) in [6, 6.07) is 13.1. The molecule has 9 nitrogen and oxygen atoms in total. The van der Waals surface area contributed by atoms with Crippen LogP contribution in [0.15, 0.2) is 48.8 Å². The number of aryl methyl sites for hydroxylation is 1. The maximum Gasteiger partial charge on any atom is 0.283 e. The Kier molecular flexibility index (Phi) is 4.72. The standard InChI is InChI=1S/C24H18F2N8O/c1-13-20(16-4-2-5-18-15(16)6-7-19(30-18)33-9-3-8-28-33)24(32-11-14(35)12-32)34-23(29-13)17(10-27)21(31-34)22(25)26/h2-9,14,22,35H,11-12H2,1H3. The van der Waals surface area contributed by atoms with E-state index in [1.165, 1.54) is 4.52 Å². The van der Waals surface area contributed by atoms with E-state index in [1.807, 2.05) is 47.4 Å². The number of rotatable bonds is 4. The Bertz CT molecular complexity index is 1630. The van der Waals surface area contributed by atoms with Crippen molar-refractivity contribution in [3.05, 3.63) is 65.7 Å². The summed E-state index contributed by atoms with van der Waals surface area (Å²) in [5.41, 5.74) is 1.95. The predicted molar refractivity (Wildman–Crippen MR) is 123 cm³/mol. The Labute approximate surface area is 197 Å². The molecule has 1 fully saturated rings. The molecule has 0 spiro atoms. The van der Waals surface area contributed by atoms with E-state index in [4.69, 9.17) is 4.98 Å². The average molecular weight is 472 g/mol. The smallest absolute Gasteiger partial charge is 0.283 e. The van der Waals surface area contributed by atoms with E-state index >= 15 is 0 Å². The fraction of sp³-hybridized carbons (Fsp3) is 0.208. The average Bonchev–Trinajstić information content (AvgIpc) is 3.49. The lowest BCUT2D eigenvalue weighted by Gasteiger charge is -2.39. The maximum absolute atomic E-state index is 13.7. The SMILES string of the molecule is Cc1nc2c(C#N)c(C(F)F)nn2c(N2CC(O)C2)c1-c1cccc2nc(-n3cccn3)ccc12. The van der Waals surface area contributed by atoms with Crippen LogP contribution in [0, 0.1) is 18.3 Å². The van der Waals surface area contributed by atoms with E-state index < -0.39 is 18.2 Å². The van der Waals surface area contributed by atoms with Crippen LogP contribution in [0.2, 0.25) is 0 Å². The summed E-state index contributed by atoms with van der Waals surface area (Å²) in [5.74, 6) is 1.16. The molecule has 0 aliphatic carbocycles. The van der Waals surface area contributed by atoms with Crippen molar-refractivity contribution in [2.45, 2.75) is 19.5 Å². The van der Waals surface area contributed by atoms with E-state index in [0.717, 1.165) is 16.5 Å². The third kappa shape index (κ3) is 3.22. The second-order valence-corrected chi connectivity index (χ2v) is 8.36. The molecule has 174 valence electrons. The van der Waals surface area contributed by atoms with E-state index in [0.29, 0.717) is 36.0 Å². The topological polar surface area (TPSA) is 108 Å². The minimum atomic E-state index is -2.92. The molecule has 5 aromatic rings. The minimum absolute atomic E-state index is 0.0692. The Morgan fingerprint density at radius 2 is 1.97 bits per heavy atom. The number of benzene rings is 1. The van der Waals surface area contributed by atoms with Crippen molar-refractivity contribution in [3.8, 4) is 23.0 Å². The number of halogens is 2. The monoisotopic (exact) mass is 472 g/mol. The summed E-state index contributed by atoms with van der Waals surface area (Å²) < 4.78 is 30.4. The van der Waals surface area contributed by atoms with Gasteiger partial charge in [-0.3, -0.25) is 0 Å². The number of aromatic nitrogens is 6. The molecule has 1 aliphatic rings. The third-order valence-electron chi connectivity index (χ3n) is 6.15. The molecular formula is C24H18F2N8O. The maximum atomic E-state index is 13.7. The summed E-state index contributed by atoms with van der Waals surface area (Å²) in [5, 5.41) is 28.7. The largest absolute Gasteiger partial charge is 0.389 e. The van der Waals surface area contributed by atoms with Crippen LogP contribution in [0.4, 0.5) is 14.6 Å². The first kappa shape index (κ1) is 21.1. The summed E-state index contributed by atoms with van der Waals surface area (Å²) >= 11 is 0. The van der Waals surface area contributed by atoms with Gasteiger partial charge in [0.15, 0.2) is 11.5 Å². The highest BCUT2D eigenvalue weighted by atomic mass is 19.3. The Hall–Kier alpha value is -4.43. The van der Waals surface area contributed by atoms with Crippen LogP contribution in [0.1, 0.15) is 23.4 Å². The van der Waals surface area contributed by atoms with Gasteiger partial charge in [-0.15, -0.1) is 0 Å². The molecule has 0 radical (unpaired) electrons. The molecule has 35 heavy (non-hydrogen) atoms. The molecule has 11 heteroatoms. The molecule has 0 unspecified atom stereocenters. The first-order chi connectivity index (χ1) is 17.0. The van der Waals surface area contributed by atoms with Crippen molar-refractivity contribution in [1.29, 1.82) is 5.26 Å². The van der Waals surface area contributed by atoms with Crippen LogP contribution >= 0.6 is 0 Å². The van der Waals surface area contributed by atoms with Gasteiger partial charge >= 0.3 is 0 Å². The number of aliphatic hydroxyl groups is 1. The van der Waals surface area contributed by atoms with Crippen molar-refractivity contribution in [1.82, 2.24) is 29.4 Å². The van der Waals surface area contributed by atoms with Gasteiger partial charge in [0.05, 0.1) is 17.3 Å². The Morgan fingerprint density at radius 1 is 1.14 bits per heavy atom. The number of alkyl halides is 2. The number of β-amino-alcohol motifs (C(OH)–C–C–N with tert-alkyl or cyclic N) is 1. The van der Waals surface area contributed by atoms with Crippen LogP contribution in [-0.2, 0) is 0 Å². The fourth-order valence-electron chi connectivity index (χ4n) is 4.55. The van der Waals surface area contributed by atoms with Crippen LogP contribution in [0.25, 0.3) is 33.5 Å². The van der Waals surface area contributed by atoms with E-state index in [1.54, 1.807) is 24.0 Å². The zero-order valence-corrected chi connectivity index (χ0v) is 18.5. The normalized spacial score (nSPS) is 14.1. The highest BCUT2D eigenvalue weighted by molar-refractivity contribution is 5.99. The lowest BCUT2D eigenvalue weighted by molar-refractivity contribution is 0.140. The van der Waals surface area contributed by atoms with Crippen molar-refractivity contribution in [2.75, 3.05) is 18.0 Å². The molecule has 0 saturated carbocycles. The van der Waals surface area contributed by atoms with Gasteiger partial charge in [-0.25, -0.2) is 23.4 Å². The first-order valence-corrected chi connectivity index (χ1v) is 10.9. The second-order valence-electron chi connectivity index (χ2n) is 8.36. The number of hydrogen-bond donors (Lipinski definition) is 1. The minimum Gasteiger partial charge on any atom is -0.389 e. The van der Waals surface area contributed by atoms with Gasteiger partial charge in [0.1, 0.15) is 23.1 Å². The van der Waals surface area contributed by atoms with Gasteiger partial charge in [0.2, 0.25) is 0 Å². The van der Waals surface area contributed by atoms with Gasteiger partial charge in [-0.05, 0) is 36.8 Å². The number of hydrogen-bond acceptors (Lipinski definition) is 7. The highest BCUT2D eigenvalue weighted by Crippen LogP contribution is 2.40. The lowest BCUT2D eigenvalue weighted by Crippen LogP contribution is -2.51.